The second kappa shape index (κ2) is 6.84. The van der Waals surface area contributed by atoms with E-state index in [2.05, 4.69) is 20.0 Å². The van der Waals surface area contributed by atoms with Crippen LogP contribution in [0.15, 0.2) is 41.6 Å². The Balaban J connectivity index is 2.09. The van der Waals surface area contributed by atoms with Gasteiger partial charge in [-0.1, -0.05) is 29.8 Å². The molecule has 0 spiro atoms. The first-order chi connectivity index (χ1) is 10.0. The van der Waals surface area contributed by atoms with E-state index in [4.69, 9.17) is 11.6 Å². The fraction of sp³-hybridized carbons (Fsp3) is 0.231. The van der Waals surface area contributed by atoms with Crippen LogP contribution in [-0.4, -0.2) is 24.9 Å². The lowest BCUT2D eigenvalue weighted by Crippen LogP contribution is -2.23. The predicted molar refractivity (Wildman–Crippen MR) is 81.7 cm³/mol. The fourth-order valence-corrected chi connectivity index (χ4v) is 2.70. The number of aromatic nitrogens is 2. The van der Waals surface area contributed by atoms with Gasteiger partial charge in [-0.25, -0.2) is 23.1 Å². The Kier molecular flexibility index (Phi) is 5.11. The summed E-state index contributed by atoms with van der Waals surface area (Å²) >= 11 is 5.99. The zero-order valence-electron chi connectivity index (χ0n) is 11.4. The van der Waals surface area contributed by atoms with E-state index in [9.17, 15) is 8.42 Å². The van der Waals surface area contributed by atoms with E-state index in [1.807, 2.05) is 6.92 Å². The molecule has 0 radical (unpaired) electrons. The minimum atomic E-state index is -3.67. The Hall–Kier alpha value is -1.70. The van der Waals surface area contributed by atoms with Crippen LogP contribution in [0.2, 0.25) is 5.02 Å². The second-order valence-electron chi connectivity index (χ2n) is 4.19. The zero-order valence-corrected chi connectivity index (χ0v) is 12.9. The number of anilines is 1. The lowest BCUT2D eigenvalue weighted by molar-refractivity contribution is 0.580. The summed E-state index contributed by atoms with van der Waals surface area (Å²) < 4.78 is 26.7. The minimum absolute atomic E-state index is 0.0104. The molecule has 0 atom stereocenters. The second-order valence-corrected chi connectivity index (χ2v) is 6.36. The topological polar surface area (TPSA) is 84.0 Å². The van der Waals surface area contributed by atoms with Crippen LogP contribution in [0, 0.1) is 0 Å². The molecule has 0 saturated heterocycles. The largest absolute Gasteiger partial charge is 0.355 e. The van der Waals surface area contributed by atoms with Crippen molar-refractivity contribution in [3.63, 3.8) is 0 Å². The normalized spacial score (nSPS) is 11.3. The number of hydrogen-bond acceptors (Lipinski definition) is 5. The summed E-state index contributed by atoms with van der Waals surface area (Å²) in [6.45, 7) is 2.67. The zero-order chi connectivity index (χ0) is 15.3. The van der Waals surface area contributed by atoms with E-state index in [-0.39, 0.29) is 11.4 Å². The summed E-state index contributed by atoms with van der Waals surface area (Å²) in [6.07, 6.45) is 2.53. The minimum Gasteiger partial charge on any atom is -0.355 e. The van der Waals surface area contributed by atoms with Crippen molar-refractivity contribution in [3.05, 3.63) is 47.2 Å². The number of benzene rings is 1. The van der Waals surface area contributed by atoms with Gasteiger partial charge in [0.1, 0.15) is 4.90 Å². The Bertz CT molecular complexity index is 704. The van der Waals surface area contributed by atoms with Crippen molar-refractivity contribution in [2.45, 2.75) is 18.4 Å². The highest BCUT2D eigenvalue weighted by Gasteiger charge is 2.15. The van der Waals surface area contributed by atoms with Gasteiger partial charge in [-0.05, 0) is 18.6 Å². The van der Waals surface area contributed by atoms with Crippen molar-refractivity contribution in [2.75, 3.05) is 11.9 Å². The van der Waals surface area contributed by atoms with Crippen LogP contribution in [0.3, 0.4) is 0 Å². The summed E-state index contributed by atoms with van der Waals surface area (Å²) in [5, 5.41) is 3.41. The molecule has 6 nitrogen and oxygen atoms in total. The molecule has 0 fully saturated rings. The molecule has 0 unspecified atom stereocenters. The average Bonchev–Trinajstić information content (AvgIpc) is 2.47. The molecule has 0 bridgehead atoms. The van der Waals surface area contributed by atoms with E-state index in [0.29, 0.717) is 23.1 Å². The standard InChI is InChI=1S/C13H15ClN4O2S/c1-2-15-13-16-8-11(9-17-13)21(19,20)18-7-10-5-3-4-6-12(10)14/h3-6,8-9,18H,2,7H2,1H3,(H,15,16,17). The van der Waals surface area contributed by atoms with Gasteiger partial charge in [-0.15, -0.1) is 0 Å². The van der Waals surface area contributed by atoms with Gasteiger partial charge in [0.05, 0.1) is 12.4 Å². The first-order valence-corrected chi connectivity index (χ1v) is 8.18. The van der Waals surface area contributed by atoms with E-state index < -0.39 is 10.0 Å². The van der Waals surface area contributed by atoms with Crippen molar-refractivity contribution in [2.24, 2.45) is 0 Å². The SMILES string of the molecule is CCNc1ncc(S(=O)(=O)NCc2ccccc2Cl)cn1. The number of nitrogens with zero attached hydrogens (tertiary/aromatic N) is 2. The monoisotopic (exact) mass is 326 g/mol. The van der Waals surface area contributed by atoms with E-state index in [1.165, 1.54) is 12.4 Å². The van der Waals surface area contributed by atoms with Crippen molar-refractivity contribution in [3.8, 4) is 0 Å². The van der Waals surface area contributed by atoms with Crippen molar-refractivity contribution < 1.29 is 8.42 Å². The first-order valence-electron chi connectivity index (χ1n) is 6.32. The van der Waals surface area contributed by atoms with E-state index in [0.717, 1.165) is 0 Å². The molecule has 0 aliphatic heterocycles. The summed E-state index contributed by atoms with van der Waals surface area (Å²) in [6, 6.07) is 7.05. The molecule has 0 aliphatic rings. The summed E-state index contributed by atoms with van der Waals surface area (Å²) in [7, 11) is -3.67. The fourth-order valence-electron chi connectivity index (χ4n) is 1.60. The van der Waals surface area contributed by atoms with Gasteiger partial charge >= 0.3 is 0 Å². The molecule has 1 aromatic carbocycles. The van der Waals surface area contributed by atoms with Crippen LogP contribution in [0.5, 0.6) is 0 Å². The number of hydrogen-bond donors (Lipinski definition) is 2. The summed E-state index contributed by atoms with van der Waals surface area (Å²) in [5.41, 5.74) is 0.702. The summed E-state index contributed by atoms with van der Waals surface area (Å²) in [5.74, 6) is 0.391. The van der Waals surface area contributed by atoms with Crippen molar-refractivity contribution in [1.82, 2.24) is 14.7 Å². The van der Waals surface area contributed by atoms with E-state index in [1.54, 1.807) is 24.3 Å². The third-order valence-electron chi connectivity index (χ3n) is 2.68. The van der Waals surface area contributed by atoms with Gasteiger partial charge in [-0.3, -0.25) is 0 Å². The van der Waals surface area contributed by atoms with Crippen LogP contribution in [-0.2, 0) is 16.6 Å². The highest BCUT2D eigenvalue weighted by atomic mass is 35.5. The molecule has 2 rings (SSSR count). The molecule has 21 heavy (non-hydrogen) atoms. The lowest BCUT2D eigenvalue weighted by Gasteiger charge is -2.08. The average molecular weight is 327 g/mol. The number of rotatable bonds is 6. The Labute approximate surface area is 128 Å². The lowest BCUT2D eigenvalue weighted by atomic mass is 10.2. The number of nitrogens with one attached hydrogen (secondary N) is 2. The number of halogens is 1. The van der Waals surface area contributed by atoms with Crippen molar-refractivity contribution in [1.29, 1.82) is 0 Å². The van der Waals surface area contributed by atoms with Crippen LogP contribution >= 0.6 is 11.6 Å². The van der Waals surface area contributed by atoms with Crippen LogP contribution in [0.4, 0.5) is 5.95 Å². The van der Waals surface area contributed by atoms with Gasteiger partial charge in [0.15, 0.2) is 0 Å². The predicted octanol–water partition coefficient (Wildman–Crippen LogP) is 2.04. The molecule has 0 saturated carbocycles. The molecular formula is C13H15ClN4O2S. The Morgan fingerprint density at radius 2 is 1.86 bits per heavy atom. The van der Waals surface area contributed by atoms with Gasteiger partial charge in [0.25, 0.3) is 0 Å². The molecular weight excluding hydrogens is 312 g/mol. The third kappa shape index (κ3) is 4.13. The van der Waals surface area contributed by atoms with Gasteiger partial charge in [0.2, 0.25) is 16.0 Å². The van der Waals surface area contributed by atoms with Crippen LogP contribution < -0.4 is 10.0 Å². The first kappa shape index (κ1) is 15.7. The highest BCUT2D eigenvalue weighted by Crippen LogP contribution is 2.15. The smallest absolute Gasteiger partial charge is 0.243 e. The van der Waals surface area contributed by atoms with E-state index >= 15 is 0 Å². The quantitative estimate of drug-likeness (QED) is 0.848. The highest BCUT2D eigenvalue weighted by molar-refractivity contribution is 7.89. The molecule has 2 N–H and O–H groups in total. The molecule has 0 amide bonds. The maximum absolute atomic E-state index is 12.1. The molecule has 1 aromatic heterocycles. The summed E-state index contributed by atoms with van der Waals surface area (Å²) in [4.78, 5) is 7.89. The Morgan fingerprint density at radius 1 is 1.19 bits per heavy atom. The molecule has 112 valence electrons. The third-order valence-corrected chi connectivity index (χ3v) is 4.41. The van der Waals surface area contributed by atoms with Crippen molar-refractivity contribution >= 4 is 27.6 Å². The molecule has 1 heterocycles. The van der Waals surface area contributed by atoms with Gasteiger partial charge in [0, 0.05) is 18.1 Å². The maximum atomic E-state index is 12.1. The molecule has 8 heteroatoms. The molecule has 2 aromatic rings. The van der Waals surface area contributed by atoms with Crippen LogP contribution in [0.1, 0.15) is 12.5 Å². The van der Waals surface area contributed by atoms with Gasteiger partial charge in [-0.2, -0.15) is 0 Å². The Morgan fingerprint density at radius 3 is 2.48 bits per heavy atom. The van der Waals surface area contributed by atoms with Crippen LogP contribution in [0.25, 0.3) is 0 Å². The van der Waals surface area contributed by atoms with Gasteiger partial charge < -0.3 is 5.32 Å². The maximum Gasteiger partial charge on any atom is 0.243 e. The number of sulfonamides is 1. The molecule has 0 aliphatic carbocycles.